The molecule has 0 spiro atoms. The van der Waals surface area contributed by atoms with Crippen LogP contribution in [0.1, 0.15) is 28.2 Å². The van der Waals surface area contributed by atoms with Crippen LogP contribution in [0.4, 0.5) is 8.78 Å². The van der Waals surface area contributed by atoms with E-state index in [4.69, 9.17) is 0 Å². The number of nitrogens with zero attached hydrogens (tertiary/aromatic N) is 1. The van der Waals surface area contributed by atoms with E-state index in [0.717, 1.165) is 6.07 Å². The summed E-state index contributed by atoms with van der Waals surface area (Å²) in [7, 11) is 0. The standard InChI is InChI=1S/C8H6BrF2NO2/c9-2-5-7(14)1-4(8(10)11)6(3-13)12-5/h1,3,8,14H,2H2. The van der Waals surface area contributed by atoms with Crippen molar-refractivity contribution >= 4 is 22.2 Å². The van der Waals surface area contributed by atoms with Gasteiger partial charge in [0.1, 0.15) is 11.4 Å². The Morgan fingerprint density at radius 1 is 1.64 bits per heavy atom. The van der Waals surface area contributed by atoms with Crippen molar-refractivity contribution in [3.05, 3.63) is 23.0 Å². The van der Waals surface area contributed by atoms with Crippen molar-refractivity contribution in [3.8, 4) is 5.75 Å². The number of aromatic nitrogens is 1. The monoisotopic (exact) mass is 265 g/mol. The third-order valence-electron chi connectivity index (χ3n) is 1.61. The van der Waals surface area contributed by atoms with Crippen LogP contribution < -0.4 is 0 Å². The molecule has 0 amide bonds. The Hall–Kier alpha value is -1.04. The third-order valence-corrected chi connectivity index (χ3v) is 2.14. The fourth-order valence-corrected chi connectivity index (χ4v) is 1.35. The lowest BCUT2D eigenvalue weighted by molar-refractivity contribution is 0.110. The van der Waals surface area contributed by atoms with E-state index in [0.29, 0.717) is 0 Å². The summed E-state index contributed by atoms with van der Waals surface area (Å²) in [6, 6.07) is 0.859. The zero-order valence-corrected chi connectivity index (χ0v) is 8.46. The molecule has 0 aromatic carbocycles. The summed E-state index contributed by atoms with van der Waals surface area (Å²) in [5.74, 6) is -0.345. The predicted octanol–water partition coefficient (Wildman–Crippen LogP) is 2.43. The maximum Gasteiger partial charge on any atom is 0.266 e. The van der Waals surface area contributed by atoms with Crippen LogP contribution in [0.15, 0.2) is 6.07 Å². The average Bonchev–Trinajstić information content (AvgIpc) is 2.17. The van der Waals surface area contributed by atoms with Gasteiger partial charge in [0.15, 0.2) is 6.29 Å². The Balaban J connectivity index is 3.31. The zero-order valence-electron chi connectivity index (χ0n) is 6.88. The van der Waals surface area contributed by atoms with Crippen molar-refractivity contribution in [2.75, 3.05) is 0 Å². The quantitative estimate of drug-likeness (QED) is 0.675. The van der Waals surface area contributed by atoms with Gasteiger partial charge in [-0.3, -0.25) is 4.79 Å². The number of hydrogen-bond donors (Lipinski definition) is 1. The second kappa shape index (κ2) is 4.45. The van der Waals surface area contributed by atoms with Crippen molar-refractivity contribution in [1.29, 1.82) is 0 Å². The zero-order chi connectivity index (χ0) is 10.7. The van der Waals surface area contributed by atoms with E-state index in [1.807, 2.05) is 0 Å². The molecule has 14 heavy (non-hydrogen) atoms. The fourth-order valence-electron chi connectivity index (χ4n) is 0.939. The van der Waals surface area contributed by atoms with Crippen molar-refractivity contribution < 1.29 is 18.7 Å². The molecule has 0 saturated heterocycles. The minimum atomic E-state index is -2.82. The first-order valence-electron chi connectivity index (χ1n) is 3.62. The minimum absolute atomic E-state index is 0.163. The van der Waals surface area contributed by atoms with Crippen molar-refractivity contribution in [2.24, 2.45) is 0 Å². The van der Waals surface area contributed by atoms with Gasteiger partial charge in [-0.2, -0.15) is 0 Å². The third kappa shape index (κ3) is 2.06. The number of aldehydes is 1. The van der Waals surface area contributed by atoms with Gasteiger partial charge < -0.3 is 5.11 Å². The summed E-state index contributed by atoms with van der Waals surface area (Å²) < 4.78 is 24.6. The number of carbonyl (C=O) groups is 1. The second-order valence-electron chi connectivity index (χ2n) is 2.48. The molecule has 1 aromatic rings. The molecule has 0 saturated carbocycles. The Bertz CT molecular complexity index is 357. The van der Waals surface area contributed by atoms with Gasteiger partial charge in [-0.1, -0.05) is 15.9 Å². The molecule has 0 atom stereocenters. The summed E-state index contributed by atoms with van der Waals surface area (Å²) in [5, 5.41) is 9.42. The lowest BCUT2D eigenvalue weighted by atomic mass is 10.2. The van der Waals surface area contributed by atoms with Gasteiger partial charge in [0, 0.05) is 5.33 Å². The molecule has 76 valence electrons. The van der Waals surface area contributed by atoms with Crippen molar-refractivity contribution in [3.63, 3.8) is 0 Å². The Labute approximate surface area is 86.9 Å². The molecule has 1 rings (SSSR count). The van der Waals surface area contributed by atoms with Crippen LogP contribution in [-0.4, -0.2) is 16.4 Å². The average molecular weight is 266 g/mol. The lowest BCUT2D eigenvalue weighted by Crippen LogP contribution is -2.00. The van der Waals surface area contributed by atoms with Crippen LogP contribution in [0.2, 0.25) is 0 Å². The highest BCUT2D eigenvalue weighted by molar-refractivity contribution is 9.08. The summed E-state index contributed by atoms with van der Waals surface area (Å²) in [6.07, 6.45) is -2.58. The number of carbonyl (C=O) groups excluding carboxylic acids is 1. The van der Waals surface area contributed by atoms with Gasteiger partial charge in [-0.05, 0) is 6.07 Å². The van der Waals surface area contributed by atoms with Crippen LogP contribution in [0.25, 0.3) is 0 Å². The number of aromatic hydroxyl groups is 1. The molecule has 0 aliphatic heterocycles. The van der Waals surface area contributed by atoms with Crippen LogP contribution in [-0.2, 0) is 5.33 Å². The molecule has 1 aromatic heterocycles. The van der Waals surface area contributed by atoms with Gasteiger partial charge >= 0.3 is 0 Å². The molecular weight excluding hydrogens is 260 g/mol. The Kier molecular flexibility index (Phi) is 3.51. The molecule has 6 heteroatoms. The van der Waals surface area contributed by atoms with E-state index >= 15 is 0 Å². The molecule has 0 fully saturated rings. The summed E-state index contributed by atoms with van der Waals surface area (Å²) in [6.45, 7) is 0. The second-order valence-corrected chi connectivity index (χ2v) is 3.04. The van der Waals surface area contributed by atoms with Crippen LogP contribution in [0.5, 0.6) is 5.75 Å². The van der Waals surface area contributed by atoms with Gasteiger partial charge in [0.2, 0.25) is 0 Å². The Morgan fingerprint density at radius 2 is 2.29 bits per heavy atom. The highest BCUT2D eigenvalue weighted by Gasteiger charge is 2.17. The number of halogens is 3. The highest BCUT2D eigenvalue weighted by atomic mass is 79.9. The van der Waals surface area contributed by atoms with Crippen LogP contribution in [0.3, 0.4) is 0 Å². The number of hydrogen-bond acceptors (Lipinski definition) is 3. The van der Waals surface area contributed by atoms with Gasteiger partial charge in [0.25, 0.3) is 6.43 Å². The molecule has 3 nitrogen and oxygen atoms in total. The van der Waals surface area contributed by atoms with E-state index in [2.05, 4.69) is 20.9 Å². The first-order chi connectivity index (χ1) is 6.60. The number of rotatable bonds is 3. The molecule has 1 heterocycles. The fraction of sp³-hybridized carbons (Fsp3) is 0.250. The van der Waals surface area contributed by atoms with E-state index in [-0.39, 0.29) is 28.8 Å². The van der Waals surface area contributed by atoms with Gasteiger partial charge in [-0.15, -0.1) is 0 Å². The predicted molar refractivity (Wildman–Crippen MR) is 48.9 cm³/mol. The molecule has 0 radical (unpaired) electrons. The normalized spacial score (nSPS) is 10.6. The largest absolute Gasteiger partial charge is 0.506 e. The summed E-state index contributed by atoms with van der Waals surface area (Å²) >= 11 is 3.01. The first-order valence-corrected chi connectivity index (χ1v) is 4.74. The van der Waals surface area contributed by atoms with Gasteiger partial charge in [0.05, 0.1) is 11.3 Å². The van der Waals surface area contributed by atoms with E-state index in [1.165, 1.54) is 0 Å². The van der Waals surface area contributed by atoms with Crippen LogP contribution >= 0.6 is 15.9 Å². The smallest absolute Gasteiger partial charge is 0.266 e. The van der Waals surface area contributed by atoms with Gasteiger partial charge in [-0.25, -0.2) is 13.8 Å². The first kappa shape index (κ1) is 11.0. The molecular formula is C8H6BrF2NO2. The number of alkyl halides is 3. The minimum Gasteiger partial charge on any atom is -0.506 e. The van der Waals surface area contributed by atoms with E-state index in [9.17, 15) is 18.7 Å². The van der Waals surface area contributed by atoms with E-state index in [1.54, 1.807) is 0 Å². The molecule has 0 aliphatic carbocycles. The summed E-state index contributed by atoms with van der Waals surface area (Å²) in [4.78, 5) is 14.0. The molecule has 1 N–H and O–H groups in total. The van der Waals surface area contributed by atoms with E-state index < -0.39 is 12.0 Å². The summed E-state index contributed by atoms with van der Waals surface area (Å²) in [5.41, 5.74) is -0.731. The van der Waals surface area contributed by atoms with Crippen molar-refractivity contribution in [1.82, 2.24) is 4.98 Å². The van der Waals surface area contributed by atoms with Crippen LogP contribution in [0, 0.1) is 0 Å². The SMILES string of the molecule is O=Cc1nc(CBr)c(O)cc1C(F)F. The lowest BCUT2D eigenvalue weighted by Gasteiger charge is -2.06. The highest BCUT2D eigenvalue weighted by Crippen LogP contribution is 2.27. The molecule has 0 unspecified atom stereocenters. The maximum atomic E-state index is 12.3. The molecule has 0 bridgehead atoms. The number of pyridine rings is 1. The van der Waals surface area contributed by atoms with Crippen molar-refractivity contribution in [2.45, 2.75) is 11.8 Å². The Morgan fingerprint density at radius 3 is 2.71 bits per heavy atom. The maximum absolute atomic E-state index is 12.3. The topological polar surface area (TPSA) is 50.2 Å². The molecule has 0 aliphatic rings.